The summed E-state index contributed by atoms with van der Waals surface area (Å²) < 4.78 is 40.8. The Bertz CT molecular complexity index is 1200. The van der Waals surface area contributed by atoms with Crippen LogP contribution in [0.15, 0.2) is 42.5 Å². The molecule has 5 nitrogen and oxygen atoms in total. The van der Waals surface area contributed by atoms with Crippen LogP contribution in [-0.2, 0) is 19.3 Å². The molecule has 0 atom stereocenters. The summed E-state index contributed by atoms with van der Waals surface area (Å²) in [6.45, 7) is 5.43. The lowest BCUT2D eigenvalue weighted by molar-refractivity contribution is -0.140. The summed E-state index contributed by atoms with van der Waals surface area (Å²) in [4.78, 5) is 8.57. The zero-order valence-electron chi connectivity index (χ0n) is 20.4. The maximum atomic E-state index is 13.6. The Hall–Kier alpha value is -2.84. The highest BCUT2D eigenvalue weighted by molar-refractivity contribution is 5.94. The molecule has 2 aromatic carbocycles. The lowest BCUT2D eigenvalue weighted by Crippen LogP contribution is -2.30. The first-order valence-electron chi connectivity index (χ1n) is 12.9. The number of likely N-dealkylation sites (tertiary alicyclic amines) is 2. The molecule has 3 aromatic rings. The van der Waals surface area contributed by atoms with Crippen LogP contribution < -0.4 is 5.32 Å². The number of rotatable bonds is 6. The van der Waals surface area contributed by atoms with Crippen molar-refractivity contribution in [3.63, 3.8) is 0 Å². The van der Waals surface area contributed by atoms with Crippen molar-refractivity contribution in [1.82, 2.24) is 14.8 Å². The van der Waals surface area contributed by atoms with E-state index in [1.54, 1.807) is 24.3 Å². The minimum absolute atomic E-state index is 0.0948. The summed E-state index contributed by atoms with van der Waals surface area (Å²) in [7, 11) is 0. The number of benzene rings is 2. The van der Waals surface area contributed by atoms with Crippen LogP contribution >= 0.6 is 0 Å². The summed E-state index contributed by atoms with van der Waals surface area (Å²) in [5.74, 6) is 0.0948. The monoisotopic (exact) mass is 498 g/mol. The standard InChI is InChI=1S/C28H33F3N4O/c29-28(30,31)26-17-24(22-9-3-4-10-23(22)33-26)32-25-16-20(18-34-11-5-1-6-12-34)15-21(27(25)36)19-35-13-7-2-8-14-35/h3-4,9-10,15-17,36H,1-2,5-8,11-14,18-19H2,(H,32,33). The molecule has 2 N–H and O–H groups in total. The van der Waals surface area contributed by atoms with Crippen LogP contribution in [0.3, 0.4) is 0 Å². The van der Waals surface area contributed by atoms with Gasteiger partial charge in [-0.1, -0.05) is 31.0 Å². The first-order chi connectivity index (χ1) is 17.4. The molecule has 0 aliphatic carbocycles. The van der Waals surface area contributed by atoms with Gasteiger partial charge in [-0.2, -0.15) is 13.2 Å². The van der Waals surface area contributed by atoms with Crippen LogP contribution in [-0.4, -0.2) is 46.1 Å². The van der Waals surface area contributed by atoms with Crippen molar-refractivity contribution in [2.75, 3.05) is 31.5 Å². The Labute approximate surface area is 209 Å². The van der Waals surface area contributed by atoms with Crippen LogP contribution in [0.4, 0.5) is 24.5 Å². The Balaban J connectivity index is 1.53. The number of fused-ring (bicyclic) bond motifs is 1. The van der Waals surface area contributed by atoms with Gasteiger partial charge < -0.3 is 10.4 Å². The average molecular weight is 499 g/mol. The van der Waals surface area contributed by atoms with Gasteiger partial charge in [0.15, 0.2) is 0 Å². The van der Waals surface area contributed by atoms with E-state index in [2.05, 4.69) is 26.2 Å². The van der Waals surface area contributed by atoms with Gasteiger partial charge in [0.25, 0.3) is 0 Å². The average Bonchev–Trinajstić information content (AvgIpc) is 2.87. The highest BCUT2D eigenvalue weighted by atomic mass is 19.4. The topological polar surface area (TPSA) is 51.6 Å². The number of para-hydroxylation sites is 1. The van der Waals surface area contributed by atoms with Gasteiger partial charge in [0.2, 0.25) is 0 Å². The summed E-state index contributed by atoms with van der Waals surface area (Å²) in [6, 6.07) is 11.7. The second kappa shape index (κ2) is 10.6. The van der Waals surface area contributed by atoms with Gasteiger partial charge in [0.1, 0.15) is 11.4 Å². The number of nitrogens with zero attached hydrogens (tertiary/aromatic N) is 3. The molecular formula is C28H33F3N4O. The molecule has 2 aliphatic rings. The number of hydrogen-bond acceptors (Lipinski definition) is 5. The van der Waals surface area contributed by atoms with E-state index in [0.717, 1.165) is 62.8 Å². The van der Waals surface area contributed by atoms with Crippen molar-refractivity contribution < 1.29 is 18.3 Å². The van der Waals surface area contributed by atoms with Crippen molar-refractivity contribution >= 4 is 22.3 Å². The normalized spacial score (nSPS) is 18.0. The van der Waals surface area contributed by atoms with E-state index in [9.17, 15) is 18.3 Å². The molecule has 0 unspecified atom stereocenters. The largest absolute Gasteiger partial charge is 0.505 e. The van der Waals surface area contributed by atoms with Crippen LogP contribution in [0.5, 0.6) is 5.75 Å². The van der Waals surface area contributed by atoms with Crippen molar-refractivity contribution in [3.05, 3.63) is 59.3 Å². The molecule has 0 radical (unpaired) electrons. The van der Waals surface area contributed by atoms with Gasteiger partial charge in [-0.05, 0) is 81.7 Å². The third-order valence-electron chi connectivity index (χ3n) is 7.22. The quantitative estimate of drug-likeness (QED) is 0.372. The number of piperidine rings is 2. The first kappa shape index (κ1) is 24.8. The smallest absolute Gasteiger partial charge is 0.433 e. The van der Waals surface area contributed by atoms with Gasteiger partial charge in [-0.3, -0.25) is 9.80 Å². The minimum atomic E-state index is -4.57. The van der Waals surface area contributed by atoms with E-state index in [0.29, 0.717) is 17.6 Å². The zero-order valence-corrected chi connectivity index (χ0v) is 20.4. The summed E-state index contributed by atoms with van der Waals surface area (Å²) in [6.07, 6.45) is 2.53. The van der Waals surface area contributed by atoms with Gasteiger partial charge in [-0.25, -0.2) is 4.98 Å². The van der Waals surface area contributed by atoms with Gasteiger partial charge in [0, 0.05) is 24.0 Å². The van der Waals surface area contributed by atoms with Crippen molar-refractivity contribution in [1.29, 1.82) is 0 Å². The lowest BCUT2D eigenvalue weighted by Gasteiger charge is -2.29. The van der Waals surface area contributed by atoms with E-state index in [-0.39, 0.29) is 17.0 Å². The van der Waals surface area contributed by atoms with E-state index >= 15 is 0 Å². The Morgan fingerprint density at radius 2 is 1.44 bits per heavy atom. The molecule has 2 saturated heterocycles. The molecule has 3 heterocycles. The highest BCUT2D eigenvalue weighted by Gasteiger charge is 2.33. The molecule has 2 aliphatic heterocycles. The fourth-order valence-electron chi connectivity index (χ4n) is 5.37. The molecule has 1 aromatic heterocycles. The van der Waals surface area contributed by atoms with E-state index in [1.165, 1.54) is 25.7 Å². The van der Waals surface area contributed by atoms with Gasteiger partial charge in [0.05, 0.1) is 16.9 Å². The lowest BCUT2D eigenvalue weighted by atomic mass is 10.0. The number of phenolic OH excluding ortho intramolecular Hbond substituents is 1. The second-order valence-electron chi connectivity index (χ2n) is 10.0. The summed E-state index contributed by atoms with van der Waals surface area (Å²) in [5, 5.41) is 15.0. The molecule has 2 fully saturated rings. The van der Waals surface area contributed by atoms with Gasteiger partial charge >= 0.3 is 6.18 Å². The number of alkyl halides is 3. The van der Waals surface area contributed by atoms with E-state index < -0.39 is 11.9 Å². The Morgan fingerprint density at radius 1 is 0.806 bits per heavy atom. The Kier molecular flexibility index (Phi) is 7.34. The molecule has 5 rings (SSSR count). The summed E-state index contributed by atoms with van der Waals surface area (Å²) in [5.41, 5.74) is 1.87. The molecule has 0 saturated carbocycles. The predicted octanol–water partition coefficient (Wildman–Crippen LogP) is 6.67. The fraction of sp³-hybridized carbons (Fsp3) is 0.464. The van der Waals surface area contributed by atoms with E-state index in [1.807, 2.05) is 6.07 Å². The predicted molar refractivity (Wildman–Crippen MR) is 136 cm³/mol. The minimum Gasteiger partial charge on any atom is -0.505 e. The number of halogens is 3. The number of phenols is 1. The molecule has 0 bridgehead atoms. The number of pyridine rings is 1. The highest BCUT2D eigenvalue weighted by Crippen LogP contribution is 2.38. The SMILES string of the molecule is Oc1c(CN2CCCCC2)cc(CN2CCCCC2)cc1Nc1cc(C(F)(F)F)nc2ccccc12. The Morgan fingerprint density at radius 3 is 2.11 bits per heavy atom. The molecule has 192 valence electrons. The number of anilines is 2. The third-order valence-corrected chi connectivity index (χ3v) is 7.22. The second-order valence-corrected chi connectivity index (χ2v) is 10.0. The molecule has 8 heteroatoms. The number of nitrogens with one attached hydrogen (secondary N) is 1. The maximum absolute atomic E-state index is 13.6. The summed E-state index contributed by atoms with van der Waals surface area (Å²) >= 11 is 0. The van der Waals surface area contributed by atoms with Gasteiger partial charge in [-0.15, -0.1) is 0 Å². The van der Waals surface area contributed by atoms with Crippen LogP contribution in [0.2, 0.25) is 0 Å². The van der Waals surface area contributed by atoms with Crippen molar-refractivity contribution in [3.8, 4) is 5.75 Å². The van der Waals surface area contributed by atoms with Crippen molar-refractivity contribution in [2.45, 2.75) is 57.8 Å². The number of hydrogen-bond donors (Lipinski definition) is 2. The molecule has 36 heavy (non-hydrogen) atoms. The van der Waals surface area contributed by atoms with Crippen LogP contribution in [0.25, 0.3) is 10.9 Å². The van der Waals surface area contributed by atoms with Crippen LogP contribution in [0, 0.1) is 0 Å². The van der Waals surface area contributed by atoms with Crippen molar-refractivity contribution in [2.24, 2.45) is 0 Å². The zero-order chi connectivity index (χ0) is 25.1. The molecule has 0 amide bonds. The maximum Gasteiger partial charge on any atom is 0.433 e. The third kappa shape index (κ3) is 5.76. The van der Waals surface area contributed by atoms with E-state index in [4.69, 9.17) is 0 Å². The first-order valence-corrected chi connectivity index (χ1v) is 12.9. The number of aromatic nitrogens is 1. The molecule has 0 spiro atoms. The fourth-order valence-corrected chi connectivity index (χ4v) is 5.37. The molecular weight excluding hydrogens is 465 g/mol. The van der Waals surface area contributed by atoms with Crippen LogP contribution in [0.1, 0.15) is 55.3 Å². The number of aromatic hydroxyl groups is 1.